The van der Waals surface area contributed by atoms with Crippen molar-refractivity contribution in [2.75, 3.05) is 44.7 Å². The van der Waals surface area contributed by atoms with Crippen LogP contribution in [0, 0.1) is 0 Å². The van der Waals surface area contributed by atoms with E-state index in [1.807, 2.05) is 0 Å². The van der Waals surface area contributed by atoms with E-state index >= 15 is 0 Å². The maximum atomic E-state index is 3.44. The highest BCUT2D eigenvalue weighted by atomic mass is 15.2. The summed E-state index contributed by atoms with van der Waals surface area (Å²) in [6.07, 6.45) is 1.19. The Morgan fingerprint density at radius 2 is 1.84 bits per heavy atom. The predicted molar refractivity (Wildman–Crippen MR) is 80.9 cm³/mol. The van der Waals surface area contributed by atoms with Crippen molar-refractivity contribution in [1.82, 2.24) is 10.2 Å². The normalized spacial score (nSPS) is 20.7. The topological polar surface area (TPSA) is 18.5 Å². The summed E-state index contributed by atoms with van der Waals surface area (Å²) in [7, 11) is 2.19. The average Bonchev–Trinajstić information content (AvgIpc) is 2.81. The molecule has 0 radical (unpaired) electrons. The number of nitrogens with zero attached hydrogens (tertiary/aromatic N) is 2. The highest BCUT2D eigenvalue weighted by molar-refractivity contribution is 5.59. The molecule has 3 nitrogen and oxygen atoms in total. The van der Waals surface area contributed by atoms with Crippen LogP contribution in [0.5, 0.6) is 0 Å². The van der Waals surface area contributed by atoms with Crippen LogP contribution in [0.25, 0.3) is 0 Å². The Morgan fingerprint density at radius 1 is 1.11 bits per heavy atom. The van der Waals surface area contributed by atoms with Gasteiger partial charge in [0.05, 0.1) is 0 Å². The molecule has 2 aliphatic heterocycles. The van der Waals surface area contributed by atoms with Gasteiger partial charge in [0.1, 0.15) is 0 Å². The number of likely N-dealkylation sites (N-methyl/N-ethyl adjacent to an activating group) is 1. The third-order valence-electron chi connectivity index (χ3n) is 4.82. The Kier molecular flexibility index (Phi) is 3.27. The van der Waals surface area contributed by atoms with E-state index in [2.05, 4.69) is 54.2 Å². The zero-order valence-electron chi connectivity index (χ0n) is 12.4. The molecule has 0 atom stereocenters. The van der Waals surface area contributed by atoms with Crippen LogP contribution < -0.4 is 10.2 Å². The molecule has 0 bridgehead atoms. The first-order valence-corrected chi connectivity index (χ1v) is 7.39. The predicted octanol–water partition coefficient (Wildman–Crippen LogP) is 1.82. The monoisotopic (exact) mass is 259 g/mol. The van der Waals surface area contributed by atoms with E-state index in [-0.39, 0.29) is 5.54 Å². The van der Waals surface area contributed by atoms with E-state index in [4.69, 9.17) is 0 Å². The third kappa shape index (κ3) is 2.26. The summed E-state index contributed by atoms with van der Waals surface area (Å²) >= 11 is 0. The molecule has 1 fully saturated rings. The minimum atomic E-state index is 0.137. The van der Waals surface area contributed by atoms with Crippen LogP contribution in [-0.2, 0) is 12.0 Å². The molecule has 1 aromatic rings. The van der Waals surface area contributed by atoms with Gasteiger partial charge in [-0.3, -0.25) is 4.90 Å². The van der Waals surface area contributed by atoms with Gasteiger partial charge in [-0.05, 0) is 37.5 Å². The van der Waals surface area contributed by atoms with Gasteiger partial charge >= 0.3 is 0 Å². The van der Waals surface area contributed by atoms with Gasteiger partial charge in [0, 0.05) is 51.0 Å². The lowest BCUT2D eigenvalue weighted by molar-refractivity contribution is 0.102. The molecule has 0 saturated carbocycles. The van der Waals surface area contributed by atoms with Gasteiger partial charge in [-0.15, -0.1) is 0 Å². The largest absolute Gasteiger partial charge is 0.374 e. The first-order chi connectivity index (χ1) is 9.09. The van der Waals surface area contributed by atoms with E-state index in [1.54, 1.807) is 0 Å². The molecule has 0 aromatic heterocycles. The second-order valence-corrected chi connectivity index (χ2v) is 6.31. The second kappa shape index (κ2) is 4.80. The van der Waals surface area contributed by atoms with Crippen molar-refractivity contribution in [2.24, 2.45) is 0 Å². The van der Waals surface area contributed by atoms with Gasteiger partial charge in [-0.1, -0.05) is 12.1 Å². The first kappa shape index (κ1) is 12.9. The van der Waals surface area contributed by atoms with E-state index in [0.717, 1.165) is 32.7 Å². The molecule has 2 heterocycles. The standard InChI is InChI=1S/C16H25N3/c1-16(2,19-10-7-17-8-11-19)14-4-5-15-13(12-14)6-9-18(15)3/h4-5,12,17H,6-11H2,1-3H3. The van der Waals surface area contributed by atoms with E-state index < -0.39 is 0 Å². The van der Waals surface area contributed by atoms with E-state index in [1.165, 1.54) is 23.2 Å². The lowest BCUT2D eigenvalue weighted by atomic mass is 9.90. The molecule has 3 heteroatoms. The van der Waals surface area contributed by atoms with Crippen LogP contribution in [0.1, 0.15) is 25.0 Å². The highest BCUT2D eigenvalue weighted by Crippen LogP contribution is 2.34. The summed E-state index contributed by atoms with van der Waals surface area (Å²) in [6, 6.07) is 7.06. The number of piperazine rings is 1. The third-order valence-corrected chi connectivity index (χ3v) is 4.82. The molecule has 0 spiro atoms. The van der Waals surface area contributed by atoms with Crippen molar-refractivity contribution >= 4 is 5.69 Å². The Labute approximate surface area is 116 Å². The highest BCUT2D eigenvalue weighted by Gasteiger charge is 2.30. The smallest absolute Gasteiger partial charge is 0.0405 e. The molecule has 1 N–H and O–H groups in total. The molecule has 0 aliphatic carbocycles. The van der Waals surface area contributed by atoms with Crippen LogP contribution in [-0.4, -0.2) is 44.7 Å². The Bertz CT molecular complexity index is 461. The van der Waals surface area contributed by atoms with Crippen molar-refractivity contribution in [3.05, 3.63) is 29.3 Å². The lowest BCUT2D eigenvalue weighted by Crippen LogP contribution is -2.51. The van der Waals surface area contributed by atoms with Crippen molar-refractivity contribution < 1.29 is 0 Å². The van der Waals surface area contributed by atoms with E-state index in [0.29, 0.717) is 0 Å². The van der Waals surface area contributed by atoms with Gasteiger partial charge in [0.2, 0.25) is 0 Å². The van der Waals surface area contributed by atoms with Gasteiger partial charge in [-0.25, -0.2) is 0 Å². The lowest BCUT2D eigenvalue weighted by Gasteiger charge is -2.41. The quantitative estimate of drug-likeness (QED) is 0.874. The number of hydrogen-bond donors (Lipinski definition) is 1. The molecular weight excluding hydrogens is 234 g/mol. The van der Waals surface area contributed by atoms with Gasteiger partial charge in [0.15, 0.2) is 0 Å². The Balaban J connectivity index is 1.88. The molecular formula is C16H25N3. The summed E-state index contributed by atoms with van der Waals surface area (Å²) in [5, 5.41) is 3.44. The molecule has 0 unspecified atom stereocenters. The van der Waals surface area contributed by atoms with Crippen LogP contribution in [0.15, 0.2) is 18.2 Å². The zero-order chi connectivity index (χ0) is 13.5. The minimum Gasteiger partial charge on any atom is -0.374 e. The van der Waals surface area contributed by atoms with Crippen LogP contribution in [0.4, 0.5) is 5.69 Å². The maximum Gasteiger partial charge on any atom is 0.0405 e. The Morgan fingerprint density at radius 3 is 2.58 bits per heavy atom. The number of anilines is 1. The second-order valence-electron chi connectivity index (χ2n) is 6.31. The van der Waals surface area contributed by atoms with Crippen molar-refractivity contribution in [3.63, 3.8) is 0 Å². The molecule has 0 amide bonds. The molecule has 1 aromatic carbocycles. The number of rotatable bonds is 2. The van der Waals surface area contributed by atoms with Crippen molar-refractivity contribution in [1.29, 1.82) is 0 Å². The van der Waals surface area contributed by atoms with Gasteiger partial charge in [0.25, 0.3) is 0 Å². The number of nitrogens with one attached hydrogen (secondary N) is 1. The average molecular weight is 259 g/mol. The SMILES string of the molecule is CN1CCc2cc(C(C)(C)N3CCNCC3)ccc21. The fourth-order valence-electron chi connectivity index (χ4n) is 3.35. The van der Waals surface area contributed by atoms with Crippen LogP contribution >= 0.6 is 0 Å². The summed E-state index contributed by atoms with van der Waals surface area (Å²) in [6.45, 7) is 10.4. The summed E-state index contributed by atoms with van der Waals surface area (Å²) in [5.74, 6) is 0. The minimum absolute atomic E-state index is 0.137. The molecule has 104 valence electrons. The van der Waals surface area contributed by atoms with Crippen LogP contribution in [0.2, 0.25) is 0 Å². The zero-order valence-corrected chi connectivity index (χ0v) is 12.4. The molecule has 2 aliphatic rings. The fraction of sp³-hybridized carbons (Fsp3) is 0.625. The fourth-order valence-corrected chi connectivity index (χ4v) is 3.35. The Hall–Kier alpha value is -1.06. The number of benzene rings is 1. The van der Waals surface area contributed by atoms with Crippen molar-refractivity contribution in [3.8, 4) is 0 Å². The summed E-state index contributed by atoms with van der Waals surface area (Å²) < 4.78 is 0. The molecule has 3 rings (SSSR count). The number of fused-ring (bicyclic) bond motifs is 1. The van der Waals surface area contributed by atoms with Gasteiger partial charge < -0.3 is 10.2 Å². The summed E-state index contributed by atoms with van der Waals surface area (Å²) in [4.78, 5) is 4.96. The summed E-state index contributed by atoms with van der Waals surface area (Å²) in [5.41, 5.74) is 4.53. The number of hydrogen-bond acceptors (Lipinski definition) is 3. The maximum absolute atomic E-state index is 3.44. The van der Waals surface area contributed by atoms with Crippen LogP contribution in [0.3, 0.4) is 0 Å². The van der Waals surface area contributed by atoms with Gasteiger partial charge in [-0.2, -0.15) is 0 Å². The van der Waals surface area contributed by atoms with Crippen molar-refractivity contribution in [2.45, 2.75) is 25.8 Å². The van der Waals surface area contributed by atoms with E-state index in [9.17, 15) is 0 Å². The first-order valence-electron chi connectivity index (χ1n) is 7.39. The molecule has 19 heavy (non-hydrogen) atoms. The molecule has 1 saturated heterocycles.